The highest BCUT2D eigenvalue weighted by Gasteiger charge is 2.21. The van der Waals surface area contributed by atoms with Crippen molar-refractivity contribution in [1.29, 1.82) is 0 Å². The first kappa shape index (κ1) is 27.1. The Balaban J connectivity index is 1.24. The molecule has 5 nitrogen and oxygen atoms in total. The number of furan rings is 2. The van der Waals surface area contributed by atoms with Crippen molar-refractivity contribution in [3.8, 4) is 34.2 Å². The molecular formula is C45H25N3O2. The standard InChI is InChI=1S/C45H25N3O2/c1-2-12-27-25-40-36(23-26(27)11-1)32-18-9-20-35(42(32)50-40)44-46-43(34-19-10-22-39-41(34)33-17-7-8-21-38(33)49-39)47-45(48-44)37-24-28-13-3-4-14-29(28)30-15-5-6-16-31(30)37/h1-25H. The summed E-state index contributed by atoms with van der Waals surface area (Å²) in [5.74, 6) is 1.70. The predicted octanol–water partition coefficient (Wildman–Crippen LogP) is 12.1. The quantitative estimate of drug-likeness (QED) is 0.180. The van der Waals surface area contributed by atoms with Gasteiger partial charge in [0.2, 0.25) is 0 Å². The predicted molar refractivity (Wildman–Crippen MR) is 203 cm³/mol. The van der Waals surface area contributed by atoms with Gasteiger partial charge in [-0.2, -0.15) is 0 Å². The molecule has 11 rings (SSSR count). The zero-order valence-electron chi connectivity index (χ0n) is 26.6. The molecule has 0 atom stereocenters. The Labute approximate surface area is 285 Å². The molecule has 0 aliphatic heterocycles. The lowest BCUT2D eigenvalue weighted by Crippen LogP contribution is -2.01. The monoisotopic (exact) mass is 639 g/mol. The van der Waals surface area contributed by atoms with E-state index in [1.165, 1.54) is 10.8 Å². The zero-order chi connectivity index (χ0) is 32.8. The van der Waals surface area contributed by atoms with Gasteiger partial charge in [-0.1, -0.05) is 115 Å². The van der Waals surface area contributed by atoms with Crippen LogP contribution in [0.25, 0.3) is 110 Å². The molecule has 0 N–H and O–H groups in total. The van der Waals surface area contributed by atoms with Crippen molar-refractivity contribution in [3.63, 3.8) is 0 Å². The SMILES string of the molecule is c1ccc2cc3c(cc2c1)oc1c(-c2nc(-c4cc5ccccc5c5ccccc45)nc(-c4cccc5oc6ccccc6c45)n2)cccc13. The third-order valence-electron chi connectivity index (χ3n) is 9.89. The molecule has 0 unspecified atom stereocenters. The van der Waals surface area contributed by atoms with Gasteiger partial charge in [0.05, 0.1) is 5.56 Å². The van der Waals surface area contributed by atoms with Crippen LogP contribution in [0.5, 0.6) is 0 Å². The number of benzene rings is 8. The van der Waals surface area contributed by atoms with E-state index in [0.29, 0.717) is 17.5 Å². The highest BCUT2D eigenvalue weighted by molar-refractivity contribution is 6.15. The molecule has 0 spiro atoms. The van der Waals surface area contributed by atoms with Crippen LogP contribution in [0.3, 0.4) is 0 Å². The van der Waals surface area contributed by atoms with Crippen LogP contribution >= 0.6 is 0 Å². The van der Waals surface area contributed by atoms with Crippen LogP contribution in [0.2, 0.25) is 0 Å². The van der Waals surface area contributed by atoms with E-state index in [4.69, 9.17) is 23.8 Å². The van der Waals surface area contributed by atoms with Crippen LogP contribution in [-0.2, 0) is 0 Å². The van der Waals surface area contributed by atoms with E-state index in [1.807, 2.05) is 36.4 Å². The fourth-order valence-electron chi connectivity index (χ4n) is 7.60. The molecule has 0 fully saturated rings. The van der Waals surface area contributed by atoms with E-state index >= 15 is 0 Å². The fourth-order valence-corrected chi connectivity index (χ4v) is 7.60. The molecule has 50 heavy (non-hydrogen) atoms. The highest BCUT2D eigenvalue weighted by atomic mass is 16.3. The minimum Gasteiger partial charge on any atom is -0.456 e. The highest BCUT2D eigenvalue weighted by Crippen LogP contribution is 2.41. The molecule has 3 aromatic heterocycles. The number of rotatable bonds is 3. The Bertz CT molecular complexity index is 3170. The van der Waals surface area contributed by atoms with Crippen LogP contribution in [0.1, 0.15) is 0 Å². The maximum atomic E-state index is 6.67. The van der Waals surface area contributed by atoms with Crippen molar-refractivity contribution in [3.05, 3.63) is 152 Å². The van der Waals surface area contributed by atoms with Gasteiger partial charge in [0.25, 0.3) is 0 Å². The summed E-state index contributed by atoms with van der Waals surface area (Å²) in [5, 5.41) is 10.9. The van der Waals surface area contributed by atoms with E-state index in [1.54, 1.807) is 0 Å². The molecule has 0 saturated heterocycles. The second-order valence-corrected chi connectivity index (χ2v) is 12.8. The van der Waals surface area contributed by atoms with E-state index < -0.39 is 0 Å². The summed E-state index contributed by atoms with van der Waals surface area (Å²) in [7, 11) is 0. The third kappa shape index (κ3) is 3.98. The van der Waals surface area contributed by atoms with Gasteiger partial charge >= 0.3 is 0 Å². The summed E-state index contributed by atoms with van der Waals surface area (Å²) in [4.78, 5) is 15.7. The normalized spacial score (nSPS) is 12.0. The van der Waals surface area contributed by atoms with Gasteiger partial charge in [0, 0.05) is 32.7 Å². The van der Waals surface area contributed by atoms with Crippen LogP contribution < -0.4 is 0 Å². The van der Waals surface area contributed by atoms with Crippen LogP contribution in [0.15, 0.2) is 160 Å². The largest absolute Gasteiger partial charge is 0.456 e. The number of hydrogen-bond donors (Lipinski definition) is 0. The van der Waals surface area contributed by atoms with Gasteiger partial charge < -0.3 is 8.83 Å². The van der Waals surface area contributed by atoms with Gasteiger partial charge in [-0.3, -0.25) is 0 Å². The number of aromatic nitrogens is 3. The number of para-hydroxylation sites is 2. The lowest BCUT2D eigenvalue weighted by Gasteiger charge is -2.13. The lowest BCUT2D eigenvalue weighted by atomic mass is 9.96. The molecule has 11 aromatic rings. The van der Waals surface area contributed by atoms with Gasteiger partial charge in [-0.25, -0.2) is 15.0 Å². The number of nitrogens with zero attached hydrogens (tertiary/aromatic N) is 3. The first-order chi connectivity index (χ1) is 24.8. The fraction of sp³-hybridized carbons (Fsp3) is 0. The van der Waals surface area contributed by atoms with E-state index in [0.717, 1.165) is 82.1 Å². The molecule has 0 aliphatic rings. The zero-order valence-corrected chi connectivity index (χ0v) is 26.6. The van der Waals surface area contributed by atoms with Crippen LogP contribution in [-0.4, -0.2) is 15.0 Å². The Hall–Kier alpha value is -6.85. The maximum Gasteiger partial charge on any atom is 0.167 e. The van der Waals surface area contributed by atoms with Crippen LogP contribution in [0, 0.1) is 0 Å². The second kappa shape index (κ2) is 10.3. The topological polar surface area (TPSA) is 65.0 Å². The molecule has 0 saturated carbocycles. The Morgan fingerprint density at radius 1 is 0.320 bits per heavy atom. The Morgan fingerprint density at radius 3 is 1.74 bits per heavy atom. The molecule has 232 valence electrons. The van der Waals surface area contributed by atoms with Crippen molar-refractivity contribution in [1.82, 2.24) is 15.0 Å². The summed E-state index contributed by atoms with van der Waals surface area (Å²) in [6.07, 6.45) is 0. The number of hydrogen-bond acceptors (Lipinski definition) is 5. The van der Waals surface area contributed by atoms with Crippen molar-refractivity contribution in [2.24, 2.45) is 0 Å². The van der Waals surface area contributed by atoms with Gasteiger partial charge in [0.15, 0.2) is 17.5 Å². The number of fused-ring (bicyclic) bond motifs is 10. The average Bonchev–Trinajstić information content (AvgIpc) is 3.74. The first-order valence-corrected chi connectivity index (χ1v) is 16.7. The molecule has 8 aromatic carbocycles. The van der Waals surface area contributed by atoms with Crippen molar-refractivity contribution >= 4 is 76.2 Å². The van der Waals surface area contributed by atoms with Crippen molar-refractivity contribution in [2.75, 3.05) is 0 Å². The average molecular weight is 640 g/mol. The first-order valence-electron chi connectivity index (χ1n) is 16.7. The van der Waals surface area contributed by atoms with Gasteiger partial charge in [-0.05, 0) is 68.7 Å². The summed E-state index contributed by atoms with van der Waals surface area (Å²) >= 11 is 0. The van der Waals surface area contributed by atoms with Crippen LogP contribution in [0.4, 0.5) is 0 Å². The molecule has 0 radical (unpaired) electrons. The smallest absolute Gasteiger partial charge is 0.167 e. The van der Waals surface area contributed by atoms with Crippen molar-refractivity contribution in [2.45, 2.75) is 0 Å². The molecule has 0 bridgehead atoms. The lowest BCUT2D eigenvalue weighted by molar-refractivity contribution is 0.669. The van der Waals surface area contributed by atoms with Gasteiger partial charge in [-0.15, -0.1) is 0 Å². The Morgan fingerprint density at radius 2 is 0.900 bits per heavy atom. The van der Waals surface area contributed by atoms with E-state index in [9.17, 15) is 0 Å². The van der Waals surface area contributed by atoms with E-state index in [-0.39, 0.29) is 0 Å². The Kier molecular flexibility index (Phi) is 5.60. The second-order valence-electron chi connectivity index (χ2n) is 12.8. The van der Waals surface area contributed by atoms with E-state index in [2.05, 4.69) is 115 Å². The third-order valence-corrected chi connectivity index (χ3v) is 9.89. The molecule has 0 amide bonds. The minimum absolute atomic E-state index is 0.543. The van der Waals surface area contributed by atoms with Gasteiger partial charge in [0.1, 0.15) is 22.3 Å². The molecular weight excluding hydrogens is 615 g/mol. The molecule has 5 heteroatoms. The summed E-state index contributed by atoms with van der Waals surface area (Å²) in [6.45, 7) is 0. The minimum atomic E-state index is 0.543. The summed E-state index contributed by atoms with van der Waals surface area (Å²) in [6, 6.07) is 52.2. The maximum absolute atomic E-state index is 6.67. The molecule has 0 aliphatic carbocycles. The summed E-state index contributed by atoms with van der Waals surface area (Å²) in [5.41, 5.74) is 5.81. The molecule has 3 heterocycles. The summed E-state index contributed by atoms with van der Waals surface area (Å²) < 4.78 is 13.0. The van der Waals surface area contributed by atoms with Crippen molar-refractivity contribution < 1.29 is 8.83 Å².